The summed E-state index contributed by atoms with van der Waals surface area (Å²) < 4.78 is 20.9. The fraction of sp³-hybridized carbons (Fsp3) is 0.200. The van der Waals surface area contributed by atoms with Gasteiger partial charge in [-0.15, -0.1) is 0 Å². The van der Waals surface area contributed by atoms with Crippen molar-refractivity contribution in [1.29, 1.82) is 0 Å². The second-order valence-corrected chi connectivity index (χ2v) is 6.36. The summed E-state index contributed by atoms with van der Waals surface area (Å²) >= 11 is 5.97. The fourth-order valence-electron chi connectivity index (χ4n) is 2.66. The van der Waals surface area contributed by atoms with Crippen LogP contribution in [-0.2, 0) is 9.53 Å². The number of carbonyl (C=O) groups excluding carboxylic acids is 2. The van der Waals surface area contributed by atoms with E-state index in [0.29, 0.717) is 38.7 Å². The van der Waals surface area contributed by atoms with Gasteiger partial charge in [-0.3, -0.25) is 4.79 Å². The van der Waals surface area contributed by atoms with Crippen LogP contribution in [0.5, 0.6) is 11.5 Å². The van der Waals surface area contributed by atoms with Gasteiger partial charge in [-0.25, -0.2) is 4.79 Å². The number of ether oxygens (including phenoxy) is 3. The van der Waals surface area contributed by atoms with Crippen molar-refractivity contribution in [2.24, 2.45) is 0 Å². The van der Waals surface area contributed by atoms with Gasteiger partial charge < -0.3 is 23.9 Å². The number of hydrogen-bond acceptors (Lipinski definition) is 6. The van der Waals surface area contributed by atoms with Crippen LogP contribution in [0.1, 0.15) is 16.1 Å². The maximum absolute atomic E-state index is 12.3. The van der Waals surface area contributed by atoms with Crippen molar-refractivity contribution in [1.82, 2.24) is 0 Å². The smallest absolute Gasteiger partial charge is 0.375 e. The predicted octanol–water partition coefficient (Wildman–Crippen LogP) is 4.21. The highest BCUT2D eigenvalue weighted by Gasteiger charge is 2.20. The molecule has 146 valence electrons. The lowest BCUT2D eigenvalue weighted by Crippen LogP contribution is -2.21. The summed E-state index contributed by atoms with van der Waals surface area (Å²) in [5.74, 6) is -0.178. The Morgan fingerprint density at radius 1 is 1.07 bits per heavy atom. The van der Waals surface area contributed by atoms with E-state index >= 15 is 0 Å². The Bertz CT molecular complexity index is 1020. The zero-order chi connectivity index (χ0) is 20.3. The number of anilines is 1. The van der Waals surface area contributed by atoms with Gasteiger partial charge in [-0.1, -0.05) is 11.6 Å². The van der Waals surface area contributed by atoms with Crippen molar-refractivity contribution in [3.63, 3.8) is 0 Å². The van der Waals surface area contributed by atoms with Crippen LogP contribution in [0, 0.1) is 6.92 Å². The first-order chi connectivity index (χ1) is 13.4. The van der Waals surface area contributed by atoms with E-state index in [9.17, 15) is 9.59 Å². The zero-order valence-corrected chi connectivity index (χ0v) is 16.3. The molecule has 1 aromatic heterocycles. The Hall–Kier alpha value is -3.19. The minimum absolute atomic E-state index is 0.0353. The molecule has 0 aliphatic heterocycles. The maximum Gasteiger partial charge on any atom is 0.375 e. The molecule has 0 saturated carbocycles. The molecule has 3 aromatic rings. The largest absolute Gasteiger partial charge is 0.497 e. The van der Waals surface area contributed by atoms with E-state index in [4.69, 9.17) is 30.2 Å². The van der Waals surface area contributed by atoms with Crippen molar-refractivity contribution in [2.75, 3.05) is 26.1 Å². The van der Waals surface area contributed by atoms with E-state index in [1.165, 1.54) is 14.2 Å². The molecule has 0 fully saturated rings. The zero-order valence-electron chi connectivity index (χ0n) is 15.5. The van der Waals surface area contributed by atoms with Crippen LogP contribution in [0.4, 0.5) is 5.69 Å². The lowest BCUT2D eigenvalue weighted by molar-refractivity contribution is -0.119. The molecular weight excluding hydrogens is 386 g/mol. The first kappa shape index (κ1) is 19.6. The lowest BCUT2D eigenvalue weighted by Gasteiger charge is -2.10. The van der Waals surface area contributed by atoms with E-state index in [2.05, 4.69) is 5.32 Å². The molecule has 8 heteroatoms. The minimum atomic E-state index is -0.733. The first-order valence-electron chi connectivity index (χ1n) is 8.30. The van der Waals surface area contributed by atoms with Crippen molar-refractivity contribution in [3.05, 3.63) is 52.7 Å². The van der Waals surface area contributed by atoms with Gasteiger partial charge in [0.15, 0.2) is 6.61 Å². The van der Waals surface area contributed by atoms with Crippen molar-refractivity contribution >= 4 is 40.1 Å². The van der Waals surface area contributed by atoms with Gasteiger partial charge in [0.2, 0.25) is 5.76 Å². The number of benzene rings is 2. The third-order valence-corrected chi connectivity index (χ3v) is 4.29. The summed E-state index contributed by atoms with van der Waals surface area (Å²) in [5.41, 5.74) is 1.56. The molecule has 1 N–H and O–H groups in total. The molecule has 2 aromatic carbocycles. The maximum atomic E-state index is 12.3. The normalized spacial score (nSPS) is 10.6. The highest BCUT2D eigenvalue weighted by molar-refractivity contribution is 6.31. The third-order valence-electron chi connectivity index (χ3n) is 4.05. The van der Waals surface area contributed by atoms with Gasteiger partial charge in [-0.05, 0) is 25.1 Å². The van der Waals surface area contributed by atoms with Gasteiger partial charge >= 0.3 is 5.97 Å². The van der Waals surface area contributed by atoms with Crippen molar-refractivity contribution in [3.8, 4) is 11.5 Å². The van der Waals surface area contributed by atoms with Gasteiger partial charge in [0.05, 0.1) is 14.2 Å². The number of furan rings is 1. The number of hydrogen-bond donors (Lipinski definition) is 1. The second kappa shape index (κ2) is 8.22. The predicted molar refractivity (Wildman–Crippen MR) is 104 cm³/mol. The number of methoxy groups -OCH3 is 2. The van der Waals surface area contributed by atoms with Crippen LogP contribution >= 0.6 is 11.6 Å². The van der Waals surface area contributed by atoms with Crippen LogP contribution < -0.4 is 14.8 Å². The fourth-order valence-corrected chi connectivity index (χ4v) is 2.83. The molecule has 28 heavy (non-hydrogen) atoms. The molecule has 1 heterocycles. The molecule has 7 nitrogen and oxygen atoms in total. The quantitative estimate of drug-likeness (QED) is 0.620. The molecule has 0 atom stereocenters. The molecule has 0 bridgehead atoms. The summed E-state index contributed by atoms with van der Waals surface area (Å²) in [4.78, 5) is 24.4. The van der Waals surface area contributed by atoms with E-state index in [1.807, 2.05) is 0 Å². The number of nitrogens with one attached hydrogen (secondary N) is 1. The molecule has 0 spiro atoms. The van der Waals surface area contributed by atoms with Crippen LogP contribution in [0.15, 0.2) is 40.8 Å². The van der Waals surface area contributed by atoms with Crippen LogP contribution in [0.3, 0.4) is 0 Å². The summed E-state index contributed by atoms with van der Waals surface area (Å²) in [7, 11) is 3.01. The first-order valence-corrected chi connectivity index (χ1v) is 8.67. The molecule has 0 unspecified atom stereocenters. The number of amides is 1. The SMILES string of the molecule is COc1cc(NC(=O)COC(=O)c2oc3ccc(Cl)cc3c2C)cc(OC)c1. The van der Waals surface area contributed by atoms with Crippen LogP contribution in [-0.4, -0.2) is 32.7 Å². The molecule has 0 radical (unpaired) electrons. The molecule has 3 rings (SSSR count). The molecule has 1 amide bonds. The summed E-state index contributed by atoms with van der Waals surface area (Å²) in [6, 6.07) is 9.95. The van der Waals surface area contributed by atoms with E-state index in [0.717, 1.165) is 0 Å². The minimum Gasteiger partial charge on any atom is -0.497 e. The summed E-state index contributed by atoms with van der Waals surface area (Å²) in [6.07, 6.45) is 0. The molecule has 0 aliphatic carbocycles. The lowest BCUT2D eigenvalue weighted by atomic mass is 10.1. The number of fused-ring (bicyclic) bond motifs is 1. The summed E-state index contributed by atoms with van der Waals surface area (Å²) in [5, 5.41) is 3.87. The Labute approximate surface area is 166 Å². The second-order valence-electron chi connectivity index (χ2n) is 5.92. The Kier molecular flexibility index (Phi) is 5.75. The topological polar surface area (TPSA) is 87.0 Å². The third kappa shape index (κ3) is 4.20. The van der Waals surface area contributed by atoms with E-state index < -0.39 is 18.5 Å². The highest BCUT2D eigenvalue weighted by atomic mass is 35.5. The Balaban J connectivity index is 1.66. The monoisotopic (exact) mass is 403 g/mol. The molecular formula is C20H18ClNO6. The highest BCUT2D eigenvalue weighted by Crippen LogP contribution is 2.28. The Morgan fingerprint density at radius 2 is 1.75 bits per heavy atom. The van der Waals surface area contributed by atoms with E-state index in [-0.39, 0.29) is 5.76 Å². The van der Waals surface area contributed by atoms with Gasteiger partial charge in [0.1, 0.15) is 17.1 Å². The Morgan fingerprint density at radius 3 is 2.39 bits per heavy atom. The summed E-state index contributed by atoms with van der Waals surface area (Å²) in [6.45, 7) is 1.25. The van der Waals surface area contributed by atoms with Crippen LogP contribution in [0.25, 0.3) is 11.0 Å². The van der Waals surface area contributed by atoms with Gasteiger partial charge in [-0.2, -0.15) is 0 Å². The molecule has 0 aliphatic rings. The van der Waals surface area contributed by atoms with Crippen LogP contribution in [0.2, 0.25) is 5.02 Å². The standard InChI is InChI=1S/C20H18ClNO6/c1-11-16-6-12(21)4-5-17(16)28-19(11)20(24)27-10-18(23)22-13-7-14(25-2)9-15(8-13)26-3/h4-9H,10H2,1-3H3,(H,22,23). The van der Waals surface area contributed by atoms with Crippen molar-refractivity contribution < 1.29 is 28.2 Å². The number of aryl methyl sites for hydroxylation is 1. The van der Waals surface area contributed by atoms with Crippen molar-refractivity contribution in [2.45, 2.75) is 6.92 Å². The number of carbonyl (C=O) groups is 2. The van der Waals surface area contributed by atoms with Gasteiger partial charge in [0, 0.05) is 39.9 Å². The average Bonchev–Trinajstić information content (AvgIpc) is 3.02. The molecule has 0 saturated heterocycles. The van der Waals surface area contributed by atoms with E-state index in [1.54, 1.807) is 43.3 Å². The number of rotatable bonds is 6. The van der Waals surface area contributed by atoms with Gasteiger partial charge in [0.25, 0.3) is 5.91 Å². The number of esters is 1. The average molecular weight is 404 g/mol. The number of halogens is 1.